The molecule has 0 bridgehead atoms. The largest absolute Gasteiger partial charge is 0.463 e. The molecule has 0 aliphatic carbocycles. The highest BCUT2D eigenvalue weighted by molar-refractivity contribution is 5.82. The van der Waals surface area contributed by atoms with E-state index < -0.39 is 0 Å². The van der Waals surface area contributed by atoms with Gasteiger partial charge in [-0.3, -0.25) is 0 Å². The van der Waals surface area contributed by atoms with Crippen LogP contribution in [0.4, 0.5) is 0 Å². The van der Waals surface area contributed by atoms with Gasteiger partial charge in [-0.25, -0.2) is 4.79 Å². The zero-order valence-corrected chi connectivity index (χ0v) is 11.5. The predicted octanol–water partition coefficient (Wildman–Crippen LogP) is 2.90. The number of hydrogen-bond acceptors (Lipinski definition) is 3. The SMILES string of the molecule is CCOC(=O)/C=C/[C@@]1(C)O[C@@H]1CCc1ccccc1. The van der Waals surface area contributed by atoms with Crippen molar-refractivity contribution in [3.8, 4) is 0 Å². The Hall–Kier alpha value is -1.61. The quantitative estimate of drug-likeness (QED) is 0.448. The van der Waals surface area contributed by atoms with Gasteiger partial charge in [-0.2, -0.15) is 0 Å². The van der Waals surface area contributed by atoms with Crippen LogP contribution in [0.1, 0.15) is 25.8 Å². The van der Waals surface area contributed by atoms with Gasteiger partial charge in [0.15, 0.2) is 0 Å². The molecule has 0 saturated carbocycles. The first-order valence-corrected chi connectivity index (χ1v) is 6.72. The van der Waals surface area contributed by atoms with Gasteiger partial charge in [0, 0.05) is 6.08 Å². The Kier molecular flexibility index (Phi) is 4.38. The lowest BCUT2D eigenvalue weighted by Gasteiger charge is -2.01. The molecule has 0 aromatic heterocycles. The molecule has 1 aromatic rings. The van der Waals surface area contributed by atoms with Crippen LogP contribution in [0, 0.1) is 0 Å². The van der Waals surface area contributed by atoms with Crippen molar-refractivity contribution in [3.05, 3.63) is 48.0 Å². The summed E-state index contributed by atoms with van der Waals surface area (Å²) in [7, 11) is 0. The van der Waals surface area contributed by atoms with E-state index in [0.717, 1.165) is 12.8 Å². The number of rotatable bonds is 6. The molecule has 0 radical (unpaired) electrons. The van der Waals surface area contributed by atoms with Crippen molar-refractivity contribution in [2.45, 2.75) is 38.4 Å². The third kappa shape index (κ3) is 3.93. The van der Waals surface area contributed by atoms with Crippen molar-refractivity contribution in [3.63, 3.8) is 0 Å². The minimum atomic E-state index is -0.305. The topological polar surface area (TPSA) is 38.8 Å². The molecular formula is C16H20O3. The molecule has 1 saturated heterocycles. The summed E-state index contributed by atoms with van der Waals surface area (Å²) in [6, 6.07) is 10.3. The second kappa shape index (κ2) is 6.02. The number of esters is 1. The van der Waals surface area contributed by atoms with Crippen LogP contribution in [0.25, 0.3) is 0 Å². The number of benzene rings is 1. The Morgan fingerprint density at radius 1 is 1.42 bits per heavy atom. The number of ether oxygens (including phenoxy) is 2. The maximum Gasteiger partial charge on any atom is 0.330 e. The van der Waals surface area contributed by atoms with E-state index in [1.54, 1.807) is 13.0 Å². The predicted molar refractivity (Wildman–Crippen MR) is 73.8 cm³/mol. The molecule has 19 heavy (non-hydrogen) atoms. The van der Waals surface area contributed by atoms with Crippen LogP contribution in [0.15, 0.2) is 42.5 Å². The van der Waals surface area contributed by atoms with Gasteiger partial charge < -0.3 is 9.47 Å². The molecule has 102 valence electrons. The average Bonchev–Trinajstić information content (AvgIpc) is 3.07. The summed E-state index contributed by atoms with van der Waals surface area (Å²) >= 11 is 0. The maximum atomic E-state index is 11.2. The number of epoxide rings is 1. The summed E-state index contributed by atoms with van der Waals surface area (Å²) in [5, 5.41) is 0. The Bertz CT molecular complexity index is 452. The fourth-order valence-electron chi connectivity index (χ4n) is 2.13. The number of carbonyl (C=O) groups is 1. The first-order valence-electron chi connectivity index (χ1n) is 6.72. The van der Waals surface area contributed by atoms with Crippen LogP contribution in [-0.4, -0.2) is 24.3 Å². The van der Waals surface area contributed by atoms with Gasteiger partial charge >= 0.3 is 5.97 Å². The van der Waals surface area contributed by atoms with Crippen LogP contribution in [0.2, 0.25) is 0 Å². The third-order valence-electron chi connectivity index (χ3n) is 3.35. The van der Waals surface area contributed by atoms with Crippen molar-refractivity contribution < 1.29 is 14.3 Å². The fraction of sp³-hybridized carbons (Fsp3) is 0.438. The Morgan fingerprint density at radius 3 is 2.84 bits per heavy atom. The van der Waals surface area contributed by atoms with E-state index >= 15 is 0 Å². The van der Waals surface area contributed by atoms with Crippen LogP contribution in [0.3, 0.4) is 0 Å². The number of hydrogen-bond donors (Lipinski definition) is 0. The molecule has 0 amide bonds. The van der Waals surface area contributed by atoms with Gasteiger partial charge in [0.1, 0.15) is 5.60 Å². The fourth-order valence-corrected chi connectivity index (χ4v) is 2.13. The lowest BCUT2D eigenvalue weighted by Crippen LogP contribution is -2.08. The van der Waals surface area contributed by atoms with Crippen LogP contribution < -0.4 is 0 Å². The zero-order valence-electron chi connectivity index (χ0n) is 11.5. The summed E-state index contributed by atoms with van der Waals surface area (Å²) in [4.78, 5) is 11.2. The minimum Gasteiger partial charge on any atom is -0.463 e. The normalized spacial score (nSPS) is 25.5. The average molecular weight is 260 g/mol. The lowest BCUT2D eigenvalue weighted by atomic mass is 10.0. The molecule has 0 unspecified atom stereocenters. The second-order valence-corrected chi connectivity index (χ2v) is 4.90. The second-order valence-electron chi connectivity index (χ2n) is 4.90. The molecule has 1 aliphatic heterocycles. The van der Waals surface area contributed by atoms with Gasteiger partial charge in [0.05, 0.1) is 12.7 Å². The zero-order chi connectivity index (χ0) is 13.7. The molecule has 1 heterocycles. The summed E-state index contributed by atoms with van der Waals surface area (Å²) in [6.45, 7) is 4.19. The minimum absolute atomic E-state index is 0.193. The van der Waals surface area contributed by atoms with E-state index in [4.69, 9.17) is 9.47 Å². The maximum absolute atomic E-state index is 11.2. The smallest absolute Gasteiger partial charge is 0.330 e. The van der Waals surface area contributed by atoms with Crippen LogP contribution in [-0.2, 0) is 20.7 Å². The monoisotopic (exact) mass is 260 g/mol. The Balaban J connectivity index is 1.78. The standard InChI is InChI=1S/C16H20O3/c1-3-18-15(17)11-12-16(2)14(19-16)10-9-13-7-5-4-6-8-13/h4-8,11-12,14H,3,9-10H2,1-2H3/b12-11+/t14-,16-/m1/s1. The first-order chi connectivity index (χ1) is 9.14. The van der Waals surface area contributed by atoms with Crippen molar-refractivity contribution in [2.75, 3.05) is 6.61 Å². The third-order valence-corrected chi connectivity index (χ3v) is 3.35. The summed E-state index contributed by atoms with van der Waals surface area (Å²) in [5.41, 5.74) is 1.01. The molecule has 2 atom stereocenters. The van der Waals surface area contributed by atoms with Crippen molar-refractivity contribution in [2.24, 2.45) is 0 Å². The highest BCUT2D eigenvalue weighted by Crippen LogP contribution is 2.40. The number of aryl methyl sites for hydroxylation is 1. The molecule has 0 spiro atoms. The van der Waals surface area contributed by atoms with Gasteiger partial charge in [-0.05, 0) is 38.3 Å². The highest BCUT2D eigenvalue weighted by atomic mass is 16.6. The van der Waals surface area contributed by atoms with Crippen LogP contribution >= 0.6 is 0 Å². The van der Waals surface area contributed by atoms with Crippen molar-refractivity contribution in [1.29, 1.82) is 0 Å². The first kappa shape index (κ1) is 13.8. The Morgan fingerprint density at radius 2 is 2.16 bits per heavy atom. The molecule has 3 nitrogen and oxygen atoms in total. The van der Waals surface area contributed by atoms with E-state index in [1.165, 1.54) is 11.6 Å². The van der Waals surface area contributed by atoms with E-state index in [2.05, 4.69) is 12.1 Å². The molecule has 0 N–H and O–H groups in total. The van der Waals surface area contributed by atoms with E-state index in [0.29, 0.717) is 6.61 Å². The van der Waals surface area contributed by atoms with Gasteiger partial charge in [-0.1, -0.05) is 30.3 Å². The van der Waals surface area contributed by atoms with Gasteiger partial charge in [-0.15, -0.1) is 0 Å². The molecule has 3 heteroatoms. The Labute approximate surface area is 114 Å². The summed E-state index contributed by atoms with van der Waals surface area (Å²) < 4.78 is 10.5. The van der Waals surface area contributed by atoms with Gasteiger partial charge in [0.2, 0.25) is 0 Å². The van der Waals surface area contributed by atoms with Gasteiger partial charge in [0.25, 0.3) is 0 Å². The van der Waals surface area contributed by atoms with Crippen LogP contribution in [0.5, 0.6) is 0 Å². The molecule has 2 rings (SSSR count). The lowest BCUT2D eigenvalue weighted by molar-refractivity contribution is -0.137. The molecule has 1 fully saturated rings. The van der Waals surface area contributed by atoms with Crippen molar-refractivity contribution in [1.82, 2.24) is 0 Å². The number of carbonyl (C=O) groups excluding carboxylic acids is 1. The molecule has 1 aromatic carbocycles. The summed E-state index contributed by atoms with van der Waals surface area (Å²) in [5.74, 6) is -0.305. The van der Waals surface area contributed by atoms with Crippen molar-refractivity contribution >= 4 is 5.97 Å². The highest BCUT2D eigenvalue weighted by Gasteiger charge is 2.49. The molecule has 1 aliphatic rings. The van der Waals surface area contributed by atoms with E-state index in [-0.39, 0.29) is 17.7 Å². The summed E-state index contributed by atoms with van der Waals surface area (Å²) in [6.07, 6.45) is 5.42. The molecular weight excluding hydrogens is 240 g/mol. The van der Waals surface area contributed by atoms with E-state index in [1.807, 2.05) is 25.1 Å². The van der Waals surface area contributed by atoms with E-state index in [9.17, 15) is 4.79 Å².